The van der Waals surface area contributed by atoms with Gasteiger partial charge in [0.05, 0.1) is 19.8 Å². The van der Waals surface area contributed by atoms with Crippen molar-refractivity contribution in [3.05, 3.63) is 35.4 Å². The third kappa shape index (κ3) is 4.91. The minimum absolute atomic E-state index is 0.202. The van der Waals surface area contributed by atoms with Crippen LogP contribution in [0.3, 0.4) is 0 Å². The molecule has 0 spiro atoms. The summed E-state index contributed by atoms with van der Waals surface area (Å²) in [5, 5.41) is 2.89. The predicted molar refractivity (Wildman–Crippen MR) is 62.9 cm³/mol. The maximum Gasteiger partial charge on any atom is 0.231 e. The van der Waals surface area contributed by atoms with Crippen molar-refractivity contribution in [1.82, 2.24) is 5.32 Å². The van der Waals surface area contributed by atoms with Crippen LogP contribution in [-0.4, -0.2) is 25.6 Å². The smallest absolute Gasteiger partial charge is 0.231 e. The molecule has 4 nitrogen and oxygen atoms in total. The van der Waals surface area contributed by atoms with E-state index in [1.165, 1.54) is 11.1 Å². The lowest BCUT2D eigenvalue weighted by Gasteiger charge is -2.07. The molecule has 0 aliphatic carbocycles. The molecule has 16 heavy (non-hydrogen) atoms. The molecule has 0 atom stereocenters. The molecule has 0 radical (unpaired) electrons. The van der Waals surface area contributed by atoms with Crippen LogP contribution in [0.25, 0.3) is 0 Å². The summed E-state index contributed by atoms with van der Waals surface area (Å²) < 4.78 is 5.47. The highest BCUT2D eigenvalue weighted by Gasteiger charge is 1.97. The van der Waals surface area contributed by atoms with E-state index in [0.717, 1.165) is 0 Å². The van der Waals surface area contributed by atoms with E-state index in [2.05, 4.69) is 18.3 Å². The Kier molecular flexibility index (Phi) is 5.53. The Balaban J connectivity index is 2.12. The highest BCUT2D eigenvalue weighted by molar-refractivity contribution is 5.75. The zero-order valence-corrected chi connectivity index (χ0v) is 9.53. The van der Waals surface area contributed by atoms with E-state index in [9.17, 15) is 4.79 Å². The number of nitrogens with two attached hydrogens (primary N) is 1. The van der Waals surface area contributed by atoms with Crippen molar-refractivity contribution < 1.29 is 9.53 Å². The maximum absolute atomic E-state index is 10.4. The van der Waals surface area contributed by atoms with Crippen LogP contribution >= 0.6 is 0 Å². The molecule has 0 aliphatic rings. The molecule has 0 fully saturated rings. The van der Waals surface area contributed by atoms with Gasteiger partial charge in [-0.2, -0.15) is 0 Å². The molecule has 88 valence electrons. The molecule has 1 amide bonds. The summed E-state index contributed by atoms with van der Waals surface area (Å²) in [4.78, 5) is 10.4. The van der Waals surface area contributed by atoms with Gasteiger partial charge in [-0.3, -0.25) is 4.79 Å². The van der Waals surface area contributed by atoms with Crippen molar-refractivity contribution in [3.8, 4) is 0 Å². The van der Waals surface area contributed by atoms with Gasteiger partial charge in [-0.25, -0.2) is 0 Å². The number of benzene rings is 1. The minimum Gasteiger partial charge on any atom is -0.375 e. The van der Waals surface area contributed by atoms with Gasteiger partial charge < -0.3 is 15.8 Å². The summed E-state index contributed by atoms with van der Waals surface area (Å²) in [6.45, 7) is 4.07. The monoisotopic (exact) mass is 222 g/mol. The fraction of sp³-hybridized carbons (Fsp3) is 0.417. The Morgan fingerprint density at radius 2 is 2.19 bits per heavy atom. The first kappa shape index (κ1) is 12.7. The lowest BCUT2D eigenvalue weighted by molar-refractivity contribution is -0.117. The normalized spacial score (nSPS) is 10.3. The van der Waals surface area contributed by atoms with Crippen molar-refractivity contribution in [1.29, 1.82) is 0 Å². The number of amides is 1. The van der Waals surface area contributed by atoms with Crippen LogP contribution in [0, 0.1) is 6.92 Å². The average Bonchev–Trinajstić information content (AvgIpc) is 2.25. The number of ether oxygens (including phenoxy) is 1. The minimum atomic E-state index is -0.348. The SMILES string of the molecule is Cc1ccccc1COCCNCC(N)=O. The molecule has 4 heteroatoms. The standard InChI is InChI=1S/C12H18N2O2/c1-10-4-2-3-5-11(10)9-16-7-6-14-8-12(13)15/h2-5,14H,6-9H2,1H3,(H2,13,15). The quantitative estimate of drug-likeness (QED) is 0.663. The maximum atomic E-state index is 10.4. The second-order valence-electron chi connectivity index (χ2n) is 3.62. The van der Waals surface area contributed by atoms with Crippen LogP contribution in [-0.2, 0) is 16.1 Å². The molecule has 0 aliphatic heterocycles. The van der Waals surface area contributed by atoms with Gasteiger partial charge in [0.15, 0.2) is 0 Å². The Bertz CT molecular complexity index is 340. The van der Waals surface area contributed by atoms with Crippen LogP contribution in [0.4, 0.5) is 0 Å². The molecule has 0 unspecified atom stereocenters. The number of primary amides is 1. The number of hydrogen-bond donors (Lipinski definition) is 2. The van der Waals surface area contributed by atoms with E-state index in [-0.39, 0.29) is 12.5 Å². The van der Waals surface area contributed by atoms with Crippen LogP contribution in [0.1, 0.15) is 11.1 Å². The lowest BCUT2D eigenvalue weighted by atomic mass is 10.1. The molecule has 1 aromatic carbocycles. The zero-order chi connectivity index (χ0) is 11.8. The number of rotatable bonds is 7. The van der Waals surface area contributed by atoms with Gasteiger partial charge in [-0.15, -0.1) is 0 Å². The first-order valence-corrected chi connectivity index (χ1v) is 5.31. The molecule has 1 aromatic rings. The van der Waals surface area contributed by atoms with E-state index >= 15 is 0 Å². The first-order chi connectivity index (χ1) is 7.70. The Morgan fingerprint density at radius 1 is 1.44 bits per heavy atom. The topological polar surface area (TPSA) is 64.3 Å². The highest BCUT2D eigenvalue weighted by atomic mass is 16.5. The van der Waals surface area contributed by atoms with Crippen LogP contribution in [0.2, 0.25) is 0 Å². The summed E-state index contributed by atoms with van der Waals surface area (Å²) in [7, 11) is 0. The Morgan fingerprint density at radius 3 is 2.88 bits per heavy atom. The summed E-state index contributed by atoms with van der Waals surface area (Å²) in [5.41, 5.74) is 7.40. The molecular weight excluding hydrogens is 204 g/mol. The summed E-state index contributed by atoms with van der Waals surface area (Å²) >= 11 is 0. The van der Waals surface area contributed by atoms with Gasteiger partial charge in [-0.1, -0.05) is 24.3 Å². The highest BCUT2D eigenvalue weighted by Crippen LogP contribution is 2.07. The predicted octanol–water partition coefficient (Wildman–Crippen LogP) is 0.587. The van der Waals surface area contributed by atoms with Gasteiger partial charge in [0.1, 0.15) is 0 Å². The van der Waals surface area contributed by atoms with Gasteiger partial charge in [0.2, 0.25) is 5.91 Å². The Labute approximate surface area is 95.8 Å². The molecular formula is C12H18N2O2. The van der Waals surface area contributed by atoms with E-state index in [1.54, 1.807) is 0 Å². The van der Waals surface area contributed by atoms with Crippen LogP contribution in [0.15, 0.2) is 24.3 Å². The summed E-state index contributed by atoms with van der Waals surface area (Å²) in [6.07, 6.45) is 0. The van der Waals surface area contributed by atoms with Crippen molar-refractivity contribution >= 4 is 5.91 Å². The molecule has 0 saturated heterocycles. The van der Waals surface area contributed by atoms with Crippen molar-refractivity contribution in [2.75, 3.05) is 19.7 Å². The van der Waals surface area contributed by atoms with Crippen LogP contribution in [0.5, 0.6) is 0 Å². The largest absolute Gasteiger partial charge is 0.375 e. The fourth-order valence-electron chi connectivity index (χ4n) is 1.31. The number of carbonyl (C=O) groups excluding carboxylic acids is 1. The molecule has 0 bridgehead atoms. The van der Waals surface area contributed by atoms with Crippen molar-refractivity contribution in [2.24, 2.45) is 5.73 Å². The van der Waals surface area contributed by atoms with Crippen LogP contribution < -0.4 is 11.1 Å². The van der Waals surface area contributed by atoms with Gasteiger partial charge in [-0.05, 0) is 18.1 Å². The molecule has 1 rings (SSSR count). The van der Waals surface area contributed by atoms with E-state index in [4.69, 9.17) is 10.5 Å². The molecule has 0 saturated carbocycles. The van der Waals surface area contributed by atoms with E-state index in [0.29, 0.717) is 19.8 Å². The average molecular weight is 222 g/mol. The van der Waals surface area contributed by atoms with E-state index in [1.807, 2.05) is 18.2 Å². The van der Waals surface area contributed by atoms with Gasteiger partial charge in [0.25, 0.3) is 0 Å². The van der Waals surface area contributed by atoms with Crippen molar-refractivity contribution in [2.45, 2.75) is 13.5 Å². The Hall–Kier alpha value is -1.39. The fourth-order valence-corrected chi connectivity index (χ4v) is 1.31. The third-order valence-electron chi connectivity index (χ3n) is 2.24. The van der Waals surface area contributed by atoms with Crippen molar-refractivity contribution in [3.63, 3.8) is 0 Å². The molecule has 0 heterocycles. The number of aryl methyl sites for hydroxylation is 1. The molecule has 0 aromatic heterocycles. The second kappa shape index (κ2) is 6.98. The van der Waals surface area contributed by atoms with E-state index < -0.39 is 0 Å². The third-order valence-corrected chi connectivity index (χ3v) is 2.24. The lowest BCUT2D eigenvalue weighted by Crippen LogP contribution is -2.30. The number of nitrogens with one attached hydrogen (secondary N) is 1. The first-order valence-electron chi connectivity index (χ1n) is 5.31. The second-order valence-corrected chi connectivity index (χ2v) is 3.62. The summed E-state index contributed by atoms with van der Waals surface area (Å²) in [5.74, 6) is -0.348. The zero-order valence-electron chi connectivity index (χ0n) is 9.53. The number of carbonyl (C=O) groups is 1. The summed E-state index contributed by atoms with van der Waals surface area (Å²) in [6, 6.07) is 8.11. The van der Waals surface area contributed by atoms with Gasteiger partial charge >= 0.3 is 0 Å². The van der Waals surface area contributed by atoms with Gasteiger partial charge in [0, 0.05) is 6.54 Å². The molecule has 3 N–H and O–H groups in total. The number of hydrogen-bond acceptors (Lipinski definition) is 3.